The van der Waals surface area contributed by atoms with Gasteiger partial charge in [0.1, 0.15) is 19.1 Å². The summed E-state index contributed by atoms with van der Waals surface area (Å²) < 4.78 is 6.71. The second-order valence-corrected chi connectivity index (χ2v) is 6.42. The van der Waals surface area contributed by atoms with Gasteiger partial charge in [0, 0.05) is 12.0 Å². The lowest BCUT2D eigenvalue weighted by Gasteiger charge is -2.39. The van der Waals surface area contributed by atoms with Crippen molar-refractivity contribution in [2.75, 3.05) is 6.54 Å². The van der Waals surface area contributed by atoms with E-state index >= 15 is 0 Å². The zero-order valence-electron chi connectivity index (χ0n) is 12.6. The molecule has 1 aromatic carbocycles. The molecule has 20 heavy (non-hydrogen) atoms. The van der Waals surface area contributed by atoms with Crippen molar-refractivity contribution in [2.24, 2.45) is 0 Å². The summed E-state index contributed by atoms with van der Waals surface area (Å²) in [7, 11) is 0. The third kappa shape index (κ3) is 2.90. The molecule has 2 saturated heterocycles. The zero-order chi connectivity index (χ0) is 14.0. The Morgan fingerprint density at radius 1 is 1.25 bits per heavy atom. The highest BCUT2D eigenvalue weighted by molar-refractivity contribution is 5.13. The van der Waals surface area contributed by atoms with E-state index in [1.807, 2.05) is 0 Å². The van der Waals surface area contributed by atoms with Crippen LogP contribution in [0, 0.1) is 0 Å². The summed E-state index contributed by atoms with van der Waals surface area (Å²) in [6.45, 7) is 6.27. The molecule has 3 nitrogen and oxygen atoms in total. The number of fused-ring (bicyclic) bond motifs is 1. The fourth-order valence-corrected chi connectivity index (χ4v) is 3.65. The Morgan fingerprint density at radius 3 is 2.80 bits per heavy atom. The van der Waals surface area contributed by atoms with E-state index in [4.69, 9.17) is 9.57 Å². The molecule has 110 valence electrons. The third-order valence-electron chi connectivity index (χ3n) is 4.50. The quantitative estimate of drug-likeness (QED) is 0.782. The first-order chi connectivity index (χ1) is 9.68. The standard InChI is InChI=1S/C17H26NO2/c1-14(2)19-17-12-16-10-6-7-11-18(16,20-17)13-15-8-4-3-5-9-15/h3-5,8-9,14,16-17H,6-7,10-13H2,1-2H3/q+1/t16-,17+,18?/m1/s1. The van der Waals surface area contributed by atoms with Crippen LogP contribution < -0.4 is 0 Å². The maximum atomic E-state index is 6.38. The fourth-order valence-electron chi connectivity index (χ4n) is 3.65. The topological polar surface area (TPSA) is 18.5 Å². The smallest absolute Gasteiger partial charge is 0.221 e. The van der Waals surface area contributed by atoms with Crippen LogP contribution in [0.1, 0.15) is 45.1 Å². The molecule has 2 fully saturated rings. The van der Waals surface area contributed by atoms with E-state index in [-0.39, 0.29) is 12.4 Å². The summed E-state index contributed by atoms with van der Waals surface area (Å²) in [5, 5.41) is 0. The molecule has 3 atom stereocenters. The van der Waals surface area contributed by atoms with Crippen molar-refractivity contribution in [2.45, 2.75) is 64.5 Å². The fraction of sp³-hybridized carbons (Fsp3) is 0.647. The molecule has 1 aromatic rings. The van der Waals surface area contributed by atoms with Crippen molar-refractivity contribution < 1.29 is 14.2 Å². The molecular weight excluding hydrogens is 250 g/mol. The van der Waals surface area contributed by atoms with Gasteiger partial charge in [-0.1, -0.05) is 30.3 Å². The number of ether oxygens (including phenoxy) is 1. The molecule has 0 spiro atoms. The van der Waals surface area contributed by atoms with E-state index in [1.165, 1.54) is 24.8 Å². The maximum Gasteiger partial charge on any atom is 0.221 e. The van der Waals surface area contributed by atoms with Crippen LogP contribution >= 0.6 is 0 Å². The Hall–Kier alpha value is -0.900. The highest BCUT2D eigenvalue weighted by atomic mass is 16.8. The van der Waals surface area contributed by atoms with E-state index in [0.29, 0.717) is 6.04 Å². The number of piperidine rings is 1. The summed E-state index contributed by atoms with van der Waals surface area (Å²) in [6, 6.07) is 11.3. The van der Waals surface area contributed by atoms with Crippen LogP contribution in [0.15, 0.2) is 30.3 Å². The van der Waals surface area contributed by atoms with E-state index in [0.717, 1.165) is 24.2 Å². The molecule has 0 N–H and O–H groups in total. The second-order valence-electron chi connectivity index (χ2n) is 6.42. The highest BCUT2D eigenvalue weighted by Crippen LogP contribution is 2.39. The highest BCUT2D eigenvalue weighted by Gasteiger charge is 2.51. The molecule has 0 saturated carbocycles. The van der Waals surface area contributed by atoms with Crippen LogP contribution in [0.4, 0.5) is 0 Å². The first kappa shape index (κ1) is 14.1. The molecule has 0 amide bonds. The van der Waals surface area contributed by atoms with Crippen LogP contribution in [0.3, 0.4) is 0 Å². The van der Waals surface area contributed by atoms with Crippen molar-refractivity contribution in [1.29, 1.82) is 0 Å². The minimum absolute atomic E-state index is 0.0261. The molecule has 0 aliphatic carbocycles. The van der Waals surface area contributed by atoms with Crippen LogP contribution in [-0.2, 0) is 16.1 Å². The van der Waals surface area contributed by atoms with Crippen molar-refractivity contribution in [3.05, 3.63) is 35.9 Å². The molecular formula is C17H26NO2+. The Balaban J connectivity index is 1.76. The molecule has 0 aromatic heterocycles. The molecule has 2 aliphatic heterocycles. The lowest BCUT2D eigenvalue weighted by molar-refractivity contribution is -1.13. The van der Waals surface area contributed by atoms with Gasteiger partial charge in [-0.05, 0) is 26.7 Å². The molecule has 0 bridgehead atoms. The molecule has 3 rings (SSSR count). The van der Waals surface area contributed by atoms with Gasteiger partial charge < -0.3 is 4.74 Å². The molecule has 0 radical (unpaired) electrons. The van der Waals surface area contributed by atoms with E-state index in [2.05, 4.69) is 44.2 Å². The largest absolute Gasteiger partial charge is 0.345 e. The lowest BCUT2D eigenvalue weighted by atomic mass is 9.98. The minimum atomic E-state index is -0.0261. The van der Waals surface area contributed by atoms with Crippen molar-refractivity contribution in [3.63, 3.8) is 0 Å². The lowest BCUT2D eigenvalue weighted by Crippen LogP contribution is -2.52. The van der Waals surface area contributed by atoms with E-state index in [1.54, 1.807) is 0 Å². The number of rotatable bonds is 4. The predicted molar refractivity (Wildman–Crippen MR) is 78.6 cm³/mol. The van der Waals surface area contributed by atoms with Gasteiger partial charge in [0.25, 0.3) is 0 Å². The number of hydrogen-bond donors (Lipinski definition) is 0. The Labute approximate surface area is 122 Å². The van der Waals surface area contributed by atoms with Gasteiger partial charge in [-0.2, -0.15) is 9.48 Å². The van der Waals surface area contributed by atoms with Crippen molar-refractivity contribution in [1.82, 2.24) is 0 Å². The van der Waals surface area contributed by atoms with Gasteiger partial charge in [0.05, 0.1) is 12.5 Å². The van der Waals surface area contributed by atoms with Gasteiger partial charge in [-0.25, -0.2) is 0 Å². The van der Waals surface area contributed by atoms with Crippen molar-refractivity contribution >= 4 is 0 Å². The Bertz CT molecular complexity index is 434. The van der Waals surface area contributed by atoms with E-state index < -0.39 is 0 Å². The van der Waals surface area contributed by atoms with Gasteiger partial charge in [0.2, 0.25) is 6.29 Å². The Kier molecular flexibility index (Phi) is 4.11. The summed E-state index contributed by atoms with van der Waals surface area (Å²) in [6.07, 6.45) is 5.12. The minimum Gasteiger partial charge on any atom is -0.345 e. The summed E-state index contributed by atoms with van der Waals surface area (Å²) in [5.74, 6) is 0. The molecule has 2 heterocycles. The molecule has 2 aliphatic rings. The molecule has 3 heteroatoms. The van der Waals surface area contributed by atoms with Gasteiger partial charge in [-0.3, -0.25) is 0 Å². The summed E-state index contributed by atoms with van der Waals surface area (Å²) in [4.78, 5) is 6.38. The summed E-state index contributed by atoms with van der Waals surface area (Å²) in [5.41, 5.74) is 1.37. The van der Waals surface area contributed by atoms with Crippen LogP contribution in [0.2, 0.25) is 0 Å². The monoisotopic (exact) mass is 276 g/mol. The Morgan fingerprint density at radius 2 is 2.05 bits per heavy atom. The van der Waals surface area contributed by atoms with Gasteiger partial charge in [0.15, 0.2) is 0 Å². The van der Waals surface area contributed by atoms with Crippen LogP contribution in [0.5, 0.6) is 0 Å². The van der Waals surface area contributed by atoms with Gasteiger partial charge in [-0.15, -0.1) is 0 Å². The van der Waals surface area contributed by atoms with E-state index in [9.17, 15) is 0 Å². The maximum absolute atomic E-state index is 6.38. The second kappa shape index (κ2) is 5.84. The third-order valence-corrected chi connectivity index (χ3v) is 4.50. The molecule has 1 unspecified atom stereocenters. The van der Waals surface area contributed by atoms with Crippen LogP contribution in [-0.4, -0.2) is 29.6 Å². The summed E-state index contributed by atoms with van der Waals surface area (Å²) >= 11 is 0. The average molecular weight is 276 g/mol. The number of quaternary nitrogens is 1. The zero-order valence-corrected chi connectivity index (χ0v) is 12.6. The number of hydroxylamine groups is 3. The first-order valence-corrected chi connectivity index (χ1v) is 7.92. The number of nitrogens with zero attached hydrogens (tertiary/aromatic N) is 1. The van der Waals surface area contributed by atoms with Gasteiger partial charge >= 0.3 is 0 Å². The average Bonchev–Trinajstić information content (AvgIpc) is 2.76. The first-order valence-electron chi connectivity index (χ1n) is 7.92. The number of hydrogen-bond acceptors (Lipinski definition) is 2. The van der Waals surface area contributed by atoms with Crippen LogP contribution in [0.25, 0.3) is 0 Å². The number of benzene rings is 1. The SMILES string of the molecule is CC(C)O[C@@H]1C[C@H]2CCCC[N+]2(Cc2ccccc2)O1. The normalized spacial score (nSPS) is 33.4. The predicted octanol–water partition coefficient (Wildman–Crippen LogP) is 3.64. The van der Waals surface area contributed by atoms with Crippen molar-refractivity contribution in [3.8, 4) is 0 Å².